The molecule has 1 aromatic carbocycles. The van der Waals surface area contributed by atoms with E-state index in [2.05, 4.69) is 10.6 Å². The molecule has 0 aliphatic heterocycles. The summed E-state index contributed by atoms with van der Waals surface area (Å²) in [6.07, 6.45) is -1.52. The second-order valence-corrected chi connectivity index (χ2v) is 5.90. The lowest BCUT2D eigenvalue weighted by Crippen LogP contribution is -2.43. The second-order valence-electron chi connectivity index (χ2n) is 5.90. The molecule has 0 heterocycles. The van der Waals surface area contributed by atoms with Gasteiger partial charge in [-0.05, 0) is 55.9 Å². The van der Waals surface area contributed by atoms with Gasteiger partial charge < -0.3 is 15.7 Å². The van der Waals surface area contributed by atoms with Gasteiger partial charge >= 0.3 is 18.0 Å². The number of amides is 2. The molecule has 0 atom stereocenters. The van der Waals surface area contributed by atoms with E-state index in [1.54, 1.807) is 0 Å². The summed E-state index contributed by atoms with van der Waals surface area (Å²) in [6.45, 7) is 0.120. The molecule has 0 spiro atoms. The Labute approximate surface area is 137 Å². The van der Waals surface area contributed by atoms with Gasteiger partial charge in [0.15, 0.2) is 0 Å². The number of alkyl halides is 3. The van der Waals surface area contributed by atoms with Crippen LogP contribution in [0.25, 0.3) is 0 Å². The molecular formula is C16H19F3N2O3. The molecule has 0 saturated heterocycles. The van der Waals surface area contributed by atoms with Crippen molar-refractivity contribution in [2.45, 2.75) is 37.9 Å². The molecule has 1 fully saturated rings. The molecular weight excluding hydrogens is 325 g/mol. The van der Waals surface area contributed by atoms with Crippen LogP contribution in [0.2, 0.25) is 0 Å². The highest BCUT2D eigenvalue weighted by Crippen LogP contribution is 2.29. The van der Waals surface area contributed by atoms with E-state index in [1.165, 1.54) is 0 Å². The molecule has 5 nitrogen and oxygen atoms in total. The lowest BCUT2D eigenvalue weighted by atomic mass is 9.86. The standard InChI is InChI=1S/C16H19F3N2O3/c17-16(18,19)11-3-7-13(8-4-11)21-15(24)14(23)20-12-5-1-10(9-22)2-6-12/h3-4,7-8,10,12,22H,1-2,5-6,9H2,(H,20,23)(H,21,24). The minimum Gasteiger partial charge on any atom is -0.396 e. The van der Waals surface area contributed by atoms with Gasteiger partial charge in [0.25, 0.3) is 0 Å². The van der Waals surface area contributed by atoms with E-state index in [0.717, 1.165) is 37.1 Å². The Bertz CT molecular complexity index is 579. The average molecular weight is 344 g/mol. The zero-order chi connectivity index (χ0) is 17.7. The Hall–Kier alpha value is -2.09. The number of anilines is 1. The summed E-state index contributed by atoms with van der Waals surface area (Å²) >= 11 is 0. The fourth-order valence-electron chi connectivity index (χ4n) is 2.67. The number of carbonyl (C=O) groups excluding carboxylic acids is 2. The summed E-state index contributed by atoms with van der Waals surface area (Å²) < 4.78 is 37.4. The quantitative estimate of drug-likeness (QED) is 0.737. The normalized spacial score (nSPS) is 21.2. The van der Waals surface area contributed by atoms with Crippen molar-refractivity contribution in [3.63, 3.8) is 0 Å². The molecule has 1 aliphatic rings. The van der Waals surface area contributed by atoms with Crippen LogP contribution in [0.4, 0.5) is 18.9 Å². The first kappa shape index (κ1) is 18.3. The number of halogens is 3. The number of benzene rings is 1. The van der Waals surface area contributed by atoms with E-state index in [-0.39, 0.29) is 24.3 Å². The van der Waals surface area contributed by atoms with E-state index >= 15 is 0 Å². The maximum atomic E-state index is 12.5. The van der Waals surface area contributed by atoms with Crippen LogP contribution in [0.1, 0.15) is 31.2 Å². The summed E-state index contributed by atoms with van der Waals surface area (Å²) in [5, 5.41) is 13.9. The van der Waals surface area contributed by atoms with Crippen molar-refractivity contribution in [3.05, 3.63) is 29.8 Å². The summed E-state index contributed by atoms with van der Waals surface area (Å²) in [6, 6.07) is 3.74. The van der Waals surface area contributed by atoms with Gasteiger partial charge in [-0.3, -0.25) is 9.59 Å². The van der Waals surface area contributed by atoms with Crippen molar-refractivity contribution in [2.24, 2.45) is 5.92 Å². The Kier molecular flexibility index (Phi) is 5.82. The monoisotopic (exact) mass is 344 g/mol. The summed E-state index contributed by atoms with van der Waals surface area (Å²) in [5.74, 6) is -1.50. The third kappa shape index (κ3) is 4.95. The molecule has 2 rings (SSSR count). The van der Waals surface area contributed by atoms with E-state index in [9.17, 15) is 22.8 Å². The van der Waals surface area contributed by atoms with Gasteiger partial charge in [-0.1, -0.05) is 0 Å². The van der Waals surface area contributed by atoms with E-state index in [4.69, 9.17) is 5.11 Å². The topological polar surface area (TPSA) is 78.4 Å². The van der Waals surface area contributed by atoms with Crippen LogP contribution in [0, 0.1) is 5.92 Å². The fourth-order valence-corrected chi connectivity index (χ4v) is 2.67. The maximum absolute atomic E-state index is 12.5. The van der Waals surface area contributed by atoms with Gasteiger partial charge in [0.1, 0.15) is 0 Å². The maximum Gasteiger partial charge on any atom is 0.416 e. The van der Waals surface area contributed by atoms with Crippen molar-refractivity contribution in [1.82, 2.24) is 5.32 Å². The zero-order valence-corrected chi connectivity index (χ0v) is 12.9. The molecule has 0 radical (unpaired) electrons. The molecule has 24 heavy (non-hydrogen) atoms. The molecule has 1 aromatic rings. The van der Waals surface area contributed by atoms with E-state index < -0.39 is 23.6 Å². The summed E-state index contributed by atoms with van der Waals surface area (Å²) in [4.78, 5) is 23.6. The zero-order valence-electron chi connectivity index (χ0n) is 12.9. The van der Waals surface area contributed by atoms with Crippen molar-refractivity contribution >= 4 is 17.5 Å². The van der Waals surface area contributed by atoms with Gasteiger partial charge in [0.2, 0.25) is 0 Å². The second kappa shape index (κ2) is 7.65. The molecule has 1 saturated carbocycles. The highest BCUT2D eigenvalue weighted by molar-refractivity contribution is 6.39. The van der Waals surface area contributed by atoms with Gasteiger partial charge in [-0.15, -0.1) is 0 Å². The number of aliphatic hydroxyl groups is 1. The van der Waals surface area contributed by atoms with E-state index in [0.29, 0.717) is 12.8 Å². The van der Waals surface area contributed by atoms with E-state index in [1.807, 2.05) is 0 Å². The molecule has 3 N–H and O–H groups in total. The fraction of sp³-hybridized carbons (Fsp3) is 0.500. The third-order valence-corrected chi connectivity index (χ3v) is 4.12. The highest BCUT2D eigenvalue weighted by Gasteiger charge is 2.30. The smallest absolute Gasteiger partial charge is 0.396 e. The van der Waals surface area contributed by atoms with Crippen LogP contribution in [0.15, 0.2) is 24.3 Å². The predicted molar refractivity (Wildman–Crippen MR) is 81.0 cm³/mol. The Morgan fingerprint density at radius 3 is 2.12 bits per heavy atom. The molecule has 2 amide bonds. The number of aliphatic hydroxyl groups excluding tert-OH is 1. The van der Waals surface area contributed by atoms with Crippen molar-refractivity contribution in [2.75, 3.05) is 11.9 Å². The number of carbonyl (C=O) groups is 2. The van der Waals surface area contributed by atoms with Gasteiger partial charge in [-0.2, -0.15) is 13.2 Å². The Balaban J connectivity index is 1.84. The molecule has 132 valence electrons. The van der Waals surface area contributed by atoms with Gasteiger partial charge in [-0.25, -0.2) is 0 Å². The van der Waals surface area contributed by atoms with Crippen molar-refractivity contribution in [3.8, 4) is 0 Å². The SMILES string of the molecule is O=C(Nc1ccc(C(F)(F)F)cc1)C(=O)NC1CCC(CO)CC1. The molecule has 0 aromatic heterocycles. The molecule has 0 bridgehead atoms. The molecule has 8 heteroatoms. The number of rotatable bonds is 3. The van der Waals surface area contributed by atoms with Crippen LogP contribution in [-0.4, -0.2) is 29.6 Å². The van der Waals surface area contributed by atoms with Gasteiger partial charge in [0.05, 0.1) is 5.56 Å². The molecule has 1 aliphatic carbocycles. The summed E-state index contributed by atoms with van der Waals surface area (Å²) in [5.41, 5.74) is -0.710. The van der Waals surface area contributed by atoms with Crippen molar-refractivity contribution < 1.29 is 27.9 Å². The predicted octanol–water partition coefficient (Wildman–Crippen LogP) is 2.31. The van der Waals surface area contributed by atoms with Crippen LogP contribution in [-0.2, 0) is 15.8 Å². The van der Waals surface area contributed by atoms with Gasteiger partial charge in [0, 0.05) is 18.3 Å². The summed E-state index contributed by atoms with van der Waals surface area (Å²) in [7, 11) is 0. The van der Waals surface area contributed by atoms with Crippen LogP contribution in [0.3, 0.4) is 0 Å². The largest absolute Gasteiger partial charge is 0.416 e. The van der Waals surface area contributed by atoms with Crippen LogP contribution in [0.5, 0.6) is 0 Å². The average Bonchev–Trinajstić information content (AvgIpc) is 2.55. The lowest BCUT2D eigenvalue weighted by molar-refractivity contribution is -0.137. The number of nitrogens with one attached hydrogen (secondary N) is 2. The van der Waals surface area contributed by atoms with Crippen molar-refractivity contribution in [1.29, 1.82) is 0 Å². The lowest BCUT2D eigenvalue weighted by Gasteiger charge is -2.27. The highest BCUT2D eigenvalue weighted by atomic mass is 19.4. The minimum absolute atomic E-state index is 0.118. The Morgan fingerprint density at radius 2 is 1.62 bits per heavy atom. The number of hydrogen-bond donors (Lipinski definition) is 3. The third-order valence-electron chi connectivity index (χ3n) is 4.12. The Morgan fingerprint density at radius 1 is 1.04 bits per heavy atom. The molecule has 0 unspecified atom stereocenters. The first-order valence-corrected chi connectivity index (χ1v) is 7.69. The minimum atomic E-state index is -4.45. The van der Waals surface area contributed by atoms with Crippen LogP contribution >= 0.6 is 0 Å². The van der Waals surface area contributed by atoms with Crippen LogP contribution < -0.4 is 10.6 Å². The first-order valence-electron chi connectivity index (χ1n) is 7.69. The first-order chi connectivity index (χ1) is 11.3. The number of hydrogen-bond acceptors (Lipinski definition) is 3.